The third-order valence-corrected chi connectivity index (χ3v) is 13.0. The van der Waals surface area contributed by atoms with Gasteiger partial charge in [-0.2, -0.15) is 0 Å². The molecule has 2 heteroatoms. The molecule has 0 fully saturated rings. The summed E-state index contributed by atoms with van der Waals surface area (Å²) in [7, 11) is 0. The topological polar surface area (TPSA) is 16.4 Å². The van der Waals surface area contributed by atoms with Crippen molar-refractivity contribution in [3.05, 3.63) is 224 Å². The first-order chi connectivity index (χ1) is 30.7. The predicted molar refractivity (Wildman–Crippen MR) is 262 cm³/mol. The van der Waals surface area contributed by atoms with Crippen molar-refractivity contribution < 1.29 is 4.42 Å². The van der Waals surface area contributed by atoms with Crippen LogP contribution in [0.3, 0.4) is 0 Å². The second kappa shape index (κ2) is 13.7. The SMILES string of the molecule is c1cc(-c2ccc3c(c2)-c2cccc4cccc-3c24)cc(N(c2ccc(-c3ccc4c(ccc5ccccc54)c3)cc2)c2ccc(-c3cccc4c3oc3ccccc34)cc2)c1. The lowest BCUT2D eigenvalue weighted by Crippen LogP contribution is -2.10. The summed E-state index contributed by atoms with van der Waals surface area (Å²) < 4.78 is 6.45. The number of anilines is 3. The molecule has 0 saturated carbocycles. The molecule has 0 unspecified atom stereocenters. The molecule has 1 heterocycles. The van der Waals surface area contributed by atoms with Gasteiger partial charge in [0.2, 0.25) is 0 Å². The van der Waals surface area contributed by atoms with E-state index in [-0.39, 0.29) is 0 Å². The molecule has 0 N–H and O–H groups in total. The van der Waals surface area contributed by atoms with Gasteiger partial charge in [0, 0.05) is 33.4 Å². The van der Waals surface area contributed by atoms with E-state index < -0.39 is 0 Å². The minimum atomic E-state index is 0.906. The maximum Gasteiger partial charge on any atom is 0.143 e. The molecular weight excluding hydrogens is 751 g/mol. The lowest BCUT2D eigenvalue weighted by molar-refractivity contribution is 0.670. The highest BCUT2D eigenvalue weighted by Gasteiger charge is 2.22. The molecule has 0 aliphatic heterocycles. The van der Waals surface area contributed by atoms with Crippen molar-refractivity contribution >= 4 is 71.3 Å². The second-order valence-electron chi connectivity index (χ2n) is 16.5. The van der Waals surface area contributed by atoms with Crippen molar-refractivity contribution in [1.29, 1.82) is 0 Å². The zero-order valence-corrected chi connectivity index (χ0v) is 33.7. The molecule has 0 bridgehead atoms. The van der Waals surface area contributed by atoms with E-state index in [2.05, 4.69) is 217 Å². The van der Waals surface area contributed by atoms with Crippen molar-refractivity contribution in [2.24, 2.45) is 0 Å². The number of para-hydroxylation sites is 2. The first-order valence-electron chi connectivity index (χ1n) is 21.3. The maximum atomic E-state index is 6.45. The van der Waals surface area contributed by atoms with E-state index >= 15 is 0 Å². The molecule has 13 rings (SSSR count). The minimum Gasteiger partial charge on any atom is -0.455 e. The van der Waals surface area contributed by atoms with Crippen molar-refractivity contribution in [1.82, 2.24) is 0 Å². The number of furan rings is 1. The Labute approximate surface area is 359 Å². The number of fused-ring (bicyclic) bond motifs is 9. The molecule has 11 aromatic carbocycles. The van der Waals surface area contributed by atoms with Gasteiger partial charge in [-0.15, -0.1) is 0 Å². The van der Waals surface area contributed by atoms with Crippen LogP contribution < -0.4 is 4.90 Å². The van der Waals surface area contributed by atoms with E-state index in [1.54, 1.807) is 0 Å². The lowest BCUT2D eigenvalue weighted by atomic mass is 9.96. The van der Waals surface area contributed by atoms with E-state index in [9.17, 15) is 0 Å². The first kappa shape index (κ1) is 34.6. The smallest absolute Gasteiger partial charge is 0.143 e. The Kier molecular flexibility index (Phi) is 7.64. The van der Waals surface area contributed by atoms with E-state index in [0.717, 1.165) is 50.1 Å². The number of hydrogen-bond donors (Lipinski definition) is 0. The number of rotatable bonds is 6. The Bertz CT molecular complexity index is 3740. The normalized spacial score (nSPS) is 11.9. The molecule has 62 heavy (non-hydrogen) atoms. The molecule has 1 aromatic heterocycles. The summed E-state index contributed by atoms with van der Waals surface area (Å²) in [6.07, 6.45) is 0. The van der Waals surface area contributed by atoms with Gasteiger partial charge in [-0.05, 0) is 137 Å². The summed E-state index contributed by atoms with van der Waals surface area (Å²) in [6, 6.07) is 81.8. The van der Waals surface area contributed by atoms with Crippen LogP contribution in [0, 0.1) is 0 Å². The van der Waals surface area contributed by atoms with Crippen LogP contribution in [-0.2, 0) is 0 Å². The molecule has 0 atom stereocenters. The molecule has 0 saturated heterocycles. The molecule has 288 valence electrons. The van der Waals surface area contributed by atoms with Gasteiger partial charge >= 0.3 is 0 Å². The average Bonchev–Trinajstić information content (AvgIpc) is 3.88. The van der Waals surface area contributed by atoms with Crippen molar-refractivity contribution in [3.63, 3.8) is 0 Å². The zero-order chi connectivity index (χ0) is 40.7. The molecule has 12 aromatic rings. The predicted octanol–water partition coefficient (Wildman–Crippen LogP) is 17.2. The zero-order valence-electron chi connectivity index (χ0n) is 33.7. The fraction of sp³-hybridized carbons (Fsp3) is 0. The van der Waals surface area contributed by atoms with E-state index in [4.69, 9.17) is 4.42 Å². The van der Waals surface area contributed by atoms with E-state index in [0.29, 0.717) is 0 Å². The summed E-state index contributed by atoms with van der Waals surface area (Å²) in [5, 5.41) is 9.98. The minimum absolute atomic E-state index is 0.906. The fourth-order valence-electron chi connectivity index (χ4n) is 10.0. The lowest BCUT2D eigenvalue weighted by Gasteiger charge is -2.26. The number of nitrogens with zero attached hydrogens (tertiary/aromatic N) is 1. The summed E-state index contributed by atoms with van der Waals surface area (Å²) in [4.78, 5) is 2.37. The summed E-state index contributed by atoms with van der Waals surface area (Å²) in [5.41, 5.74) is 17.2. The molecule has 1 aliphatic carbocycles. The molecule has 2 nitrogen and oxygen atoms in total. The number of hydrogen-bond acceptors (Lipinski definition) is 2. The maximum absolute atomic E-state index is 6.45. The van der Waals surface area contributed by atoms with Crippen LogP contribution in [0.15, 0.2) is 229 Å². The van der Waals surface area contributed by atoms with Gasteiger partial charge in [-0.25, -0.2) is 0 Å². The monoisotopic (exact) mass is 787 g/mol. The number of benzene rings is 11. The highest BCUT2D eigenvalue weighted by Crippen LogP contribution is 2.49. The largest absolute Gasteiger partial charge is 0.455 e. The summed E-state index contributed by atoms with van der Waals surface area (Å²) >= 11 is 0. The van der Waals surface area contributed by atoms with Crippen LogP contribution in [0.4, 0.5) is 17.1 Å². The molecular formula is C60H37NO. The Morgan fingerprint density at radius 3 is 1.69 bits per heavy atom. The van der Waals surface area contributed by atoms with Crippen LogP contribution in [0.25, 0.3) is 110 Å². The van der Waals surface area contributed by atoms with E-state index in [1.165, 1.54) is 76.8 Å². The quantitative estimate of drug-likeness (QED) is 0.156. The molecule has 1 aliphatic rings. The standard InChI is InChI=1S/C60H37NO/c1-2-14-49-39(9-1)21-22-45-35-43(27-33-50(45)49)38-23-29-46(30-24-38)61(47-31-25-40(26-32-47)51-16-8-19-56-53-15-3-4-20-58(53)62-60(51)56)48-13-5-12-42(36-48)44-28-34-52-54-17-6-10-41-11-7-18-55(59(41)54)57(52)37-44/h1-37H. The van der Waals surface area contributed by atoms with Crippen LogP contribution in [0.5, 0.6) is 0 Å². The van der Waals surface area contributed by atoms with Gasteiger partial charge in [-0.3, -0.25) is 0 Å². The Balaban J connectivity index is 0.907. The Morgan fingerprint density at radius 1 is 0.274 bits per heavy atom. The Hall–Kier alpha value is -8.20. The van der Waals surface area contributed by atoms with Gasteiger partial charge in [0.1, 0.15) is 11.2 Å². The van der Waals surface area contributed by atoms with Gasteiger partial charge < -0.3 is 9.32 Å². The molecule has 0 spiro atoms. The van der Waals surface area contributed by atoms with Gasteiger partial charge in [-0.1, -0.05) is 170 Å². The van der Waals surface area contributed by atoms with E-state index in [1.807, 2.05) is 12.1 Å². The third kappa shape index (κ3) is 5.44. The highest BCUT2D eigenvalue weighted by molar-refractivity contribution is 6.16. The van der Waals surface area contributed by atoms with Crippen molar-refractivity contribution in [2.75, 3.05) is 4.90 Å². The molecule has 0 amide bonds. The highest BCUT2D eigenvalue weighted by atomic mass is 16.3. The van der Waals surface area contributed by atoms with Gasteiger partial charge in [0.15, 0.2) is 0 Å². The third-order valence-electron chi connectivity index (χ3n) is 13.0. The van der Waals surface area contributed by atoms with Gasteiger partial charge in [0.05, 0.1) is 0 Å². The summed E-state index contributed by atoms with van der Waals surface area (Å²) in [6.45, 7) is 0. The average molecular weight is 788 g/mol. The molecule has 0 radical (unpaired) electrons. The van der Waals surface area contributed by atoms with Crippen LogP contribution in [0.1, 0.15) is 0 Å². The Morgan fingerprint density at radius 2 is 0.855 bits per heavy atom. The van der Waals surface area contributed by atoms with Crippen LogP contribution in [0.2, 0.25) is 0 Å². The van der Waals surface area contributed by atoms with Crippen LogP contribution in [-0.4, -0.2) is 0 Å². The first-order valence-corrected chi connectivity index (χ1v) is 21.3. The van der Waals surface area contributed by atoms with Crippen molar-refractivity contribution in [3.8, 4) is 55.6 Å². The summed E-state index contributed by atoms with van der Waals surface area (Å²) in [5.74, 6) is 0. The van der Waals surface area contributed by atoms with Gasteiger partial charge in [0.25, 0.3) is 0 Å². The second-order valence-corrected chi connectivity index (χ2v) is 16.5. The van der Waals surface area contributed by atoms with Crippen molar-refractivity contribution in [2.45, 2.75) is 0 Å². The van der Waals surface area contributed by atoms with Crippen LogP contribution >= 0.6 is 0 Å². The fourth-order valence-corrected chi connectivity index (χ4v) is 10.0.